The van der Waals surface area contributed by atoms with E-state index in [1.165, 1.54) is 12.8 Å². The van der Waals surface area contributed by atoms with E-state index in [0.29, 0.717) is 55.4 Å². The molecule has 2 heterocycles. The Labute approximate surface area is 200 Å². The van der Waals surface area contributed by atoms with Gasteiger partial charge in [-0.2, -0.15) is 0 Å². The topological polar surface area (TPSA) is 90.0 Å². The van der Waals surface area contributed by atoms with E-state index < -0.39 is 0 Å². The Morgan fingerprint density at radius 3 is 2.35 bits per heavy atom. The largest absolute Gasteiger partial charge is 0.497 e. The Kier molecular flexibility index (Phi) is 7.87. The van der Waals surface area contributed by atoms with Crippen molar-refractivity contribution in [1.82, 2.24) is 15.2 Å². The van der Waals surface area contributed by atoms with Crippen LogP contribution >= 0.6 is 0 Å². The number of hydrogen-bond donors (Lipinski definition) is 1. The summed E-state index contributed by atoms with van der Waals surface area (Å²) in [7, 11) is 3.12. The normalized spacial score (nSPS) is 16.8. The van der Waals surface area contributed by atoms with Crippen molar-refractivity contribution in [2.24, 2.45) is 5.92 Å². The van der Waals surface area contributed by atoms with Crippen molar-refractivity contribution in [2.45, 2.75) is 51.2 Å². The smallest absolute Gasteiger partial charge is 0.254 e. The number of methoxy groups -OCH3 is 2. The predicted molar refractivity (Wildman–Crippen MR) is 127 cm³/mol. The van der Waals surface area contributed by atoms with Crippen molar-refractivity contribution in [3.05, 3.63) is 47.7 Å². The van der Waals surface area contributed by atoms with Crippen LogP contribution in [0.5, 0.6) is 17.4 Å². The number of amides is 2. The van der Waals surface area contributed by atoms with Crippen molar-refractivity contribution < 1.29 is 23.8 Å². The van der Waals surface area contributed by atoms with Gasteiger partial charge < -0.3 is 24.4 Å². The minimum Gasteiger partial charge on any atom is -0.497 e. The second-order valence-electron chi connectivity index (χ2n) is 8.88. The molecule has 0 radical (unpaired) electrons. The molecule has 1 aromatic carbocycles. The molecule has 1 N–H and O–H groups in total. The molecule has 1 saturated heterocycles. The Morgan fingerprint density at radius 1 is 1.03 bits per heavy atom. The highest BCUT2D eigenvalue weighted by Crippen LogP contribution is 2.27. The summed E-state index contributed by atoms with van der Waals surface area (Å²) in [6.07, 6.45) is 7.68. The first-order chi connectivity index (χ1) is 16.6. The predicted octanol–water partition coefficient (Wildman–Crippen LogP) is 3.59. The van der Waals surface area contributed by atoms with E-state index in [0.717, 1.165) is 18.4 Å². The molecule has 8 nitrogen and oxygen atoms in total. The molecule has 4 rings (SSSR count). The van der Waals surface area contributed by atoms with Gasteiger partial charge in [-0.05, 0) is 56.7 Å². The summed E-state index contributed by atoms with van der Waals surface area (Å²) >= 11 is 0. The zero-order chi connectivity index (χ0) is 23.9. The van der Waals surface area contributed by atoms with Crippen LogP contribution in [0.2, 0.25) is 0 Å². The van der Waals surface area contributed by atoms with Crippen molar-refractivity contribution in [2.75, 3.05) is 27.3 Å². The Morgan fingerprint density at radius 2 is 1.71 bits per heavy atom. The quantitative estimate of drug-likeness (QED) is 0.638. The molecule has 2 aromatic rings. The summed E-state index contributed by atoms with van der Waals surface area (Å²) in [4.78, 5) is 32.0. The number of aromatic nitrogens is 1. The number of carbonyl (C=O) groups is 2. The molecular weight excluding hydrogens is 434 g/mol. The third-order valence-corrected chi connectivity index (χ3v) is 6.63. The number of hydrogen-bond acceptors (Lipinski definition) is 6. The maximum Gasteiger partial charge on any atom is 0.254 e. The van der Waals surface area contributed by atoms with Crippen LogP contribution in [0.1, 0.15) is 54.4 Å². The third kappa shape index (κ3) is 5.79. The molecule has 1 aliphatic heterocycles. The lowest BCUT2D eigenvalue weighted by molar-refractivity contribution is -0.126. The Bertz CT molecular complexity index is 975. The van der Waals surface area contributed by atoms with Crippen LogP contribution < -0.4 is 19.5 Å². The van der Waals surface area contributed by atoms with Gasteiger partial charge in [-0.3, -0.25) is 9.59 Å². The molecule has 182 valence electrons. The van der Waals surface area contributed by atoms with Gasteiger partial charge in [0.05, 0.1) is 14.2 Å². The van der Waals surface area contributed by atoms with Gasteiger partial charge in [0, 0.05) is 48.9 Å². The summed E-state index contributed by atoms with van der Waals surface area (Å²) < 4.78 is 16.6. The molecule has 0 atom stereocenters. The van der Waals surface area contributed by atoms with Gasteiger partial charge in [0.1, 0.15) is 17.6 Å². The van der Waals surface area contributed by atoms with Gasteiger partial charge >= 0.3 is 0 Å². The van der Waals surface area contributed by atoms with Gasteiger partial charge in [-0.25, -0.2) is 4.98 Å². The van der Waals surface area contributed by atoms with E-state index in [1.54, 1.807) is 43.5 Å². The summed E-state index contributed by atoms with van der Waals surface area (Å²) in [6, 6.07) is 8.97. The minimum atomic E-state index is -0.125. The van der Waals surface area contributed by atoms with Crippen LogP contribution in [-0.2, 0) is 11.3 Å². The number of carbonyl (C=O) groups excluding carboxylic acids is 2. The van der Waals surface area contributed by atoms with E-state index in [1.807, 2.05) is 12.1 Å². The average molecular weight is 468 g/mol. The fraction of sp³-hybridized carbons (Fsp3) is 0.500. The lowest BCUT2D eigenvalue weighted by atomic mass is 9.95. The molecular formula is C26H33N3O5. The highest BCUT2D eigenvalue weighted by atomic mass is 16.5. The number of piperidine rings is 1. The summed E-state index contributed by atoms with van der Waals surface area (Å²) in [5.74, 6) is 1.56. The summed E-state index contributed by atoms with van der Waals surface area (Å²) in [5, 5.41) is 3.04. The van der Waals surface area contributed by atoms with E-state index >= 15 is 0 Å². The molecule has 0 bridgehead atoms. The fourth-order valence-electron chi connectivity index (χ4n) is 4.61. The van der Waals surface area contributed by atoms with Gasteiger partial charge in [0.25, 0.3) is 5.91 Å². The van der Waals surface area contributed by atoms with E-state index in [-0.39, 0.29) is 23.8 Å². The molecule has 1 saturated carbocycles. The number of nitrogens with zero attached hydrogens (tertiary/aromatic N) is 2. The molecule has 8 heteroatoms. The van der Waals surface area contributed by atoms with Crippen LogP contribution in [0.25, 0.3) is 0 Å². The van der Waals surface area contributed by atoms with Crippen LogP contribution in [0, 0.1) is 5.92 Å². The molecule has 2 amide bonds. The molecule has 0 spiro atoms. The molecule has 2 fully saturated rings. The number of ether oxygens (including phenoxy) is 3. The van der Waals surface area contributed by atoms with Crippen molar-refractivity contribution >= 4 is 11.8 Å². The highest BCUT2D eigenvalue weighted by Gasteiger charge is 2.28. The third-order valence-electron chi connectivity index (χ3n) is 6.63. The van der Waals surface area contributed by atoms with E-state index in [4.69, 9.17) is 14.2 Å². The second-order valence-corrected chi connectivity index (χ2v) is 8.88. The zero-order valence-corrected chi connectivity index (χ0v) is 19.9. The molecule has 34 heavy (non-hydrogen) atoms. The molecule has 2 aliphatic rings. The molecule has 1 aliphatic carbocycles. The summed E-state index contributed by atoms with van der Waals surface area (Å²) in [5.41, 5.74) is 1.41. The number of nitrogens with one attached hydrogen (secondary N) is 1. The highest BCUT2D eigenvalue weighted by molar-refractivity contribution is 5.95. The van der Waals surface area contributed by atoms with Gasteiger partial charge in [-0.15, -0.1) is 0 Å². The minimum absolute atomic E-state index is 0.00539. The number of pyridine rings is 1. The first-order valence-electron chi connectivity index (χ1n) is 12.0. The standard InChI is InChI=1S/C26H33N3O5/c1-32-22-14-20(15-23(16-22)33-2)26(31)29-12-9-18(10-13-29)24(30)28-17-19-6-5-11-27-25(19)34-21-7-3-4-8-21/h5-6,11,14-16,18,21H,3-4,7-10,12-13,17H2,1-2H3,(H,28,30). The summed E-state index contributed by atoms with van der Waals surface area (Å²) in [6.45, 7) is 1.44. The van der Waals surface area contributed by atoms with Crippen LogP contribution in [0.3, 0.4) is 0 Å². The SMILES string of the molecule is COc1cc(OC)cc(C(=O)N2CCC(C(=O)NCc3cccnc3OC3CCCC3)CC2)c1. The van der Waals surface area contributed by atoms with Gasteiger partial charge in [0.15, 0.2) is 0 Å². The lowest BCUT2D eigenvalue weighted by Gasteiger charge is -2.31. The maximum absolute atomic E-state index is 13.0. The van der Waals surface area contributed by atoms with Crippen molar-refractivity contribution in [3.63, 3.8) is 0 Å². The molecule has 1 aromatic heterocycles. The van der Waals surface area contributed by atoms with Crippen molar-refractivity contribution in [1.29, 1.82) is 0 Å². The first-order valence-corrected chi connectivity index (χ1v) is 12.0. The Hall–Kier alpha value is -3.29. The fourth-order valence-corrected chi connectivity index (χ4v) is 4.61. The first kappa shape index (κ1) is 23.9. The Balaban J connectivity index is 1.29. The second kappa shape index (κ2) is 11.2. The maximum atomic E-state index is 13.0. The number of likely N-dealkylation sites (tertiary alicyclic amines) is 1. The van der Waals surface area contributed by atoms with Gasteiger partial charge in [0.2, 0.25) is 11.8 Å². The monoisotopic (exact) mass is 467 g/mol. The average Bonchev–Trinajstić information content (AvgIpc) is 3.40. The van der Waals surface area contributed by atoms with Crippen molar-refractivity contribution in [3.8, 4) is 17.4 Å². The van der Waals surface area contributed by atoms with Crippen LogP contribution in [-0.4, -0.2) is 55.1 Å². The van der Waals surface area contributed by atoms with Crippen LogP contribution in [0.15, 0.2) is 36.5 Å². The van der Waals surface area contributed by atoms with E-state index in [9.17, 15) is 9.59 Å². The van der Waals surface area contributed by atoms with Crippen LogP contribution in [0.4, 0.5) is 0 Å². The number of rotatable bonds is 8. The number of benzene rings is 1. The van der Waals surface area contributed by atoms with Gasteiger partial charge in [-0.1, -0.05) is 6.07 Å². The lowest BCUT2D eigenvalue weighted by Crippen LogP contribution is -2.43. The molecule has 0 unspecified atom stereocenters. The van der Waals surface area contributed by atoms with E-state index in [2.05, 4.69) is 10.3 Å². The zero-order valence-electron chi connectivity index (χ0n) is 19.9.